The first-order valence-electron chi connectivity index (χ1n) is 10.9. The highest BCUT2D eigenvalue weighted by Gasteiger charge is 2.27. The van der Waals surface area contributed by atoms with Gasteiger partial charge in [-0.2, -0.15) is 0 Å². The lowest BCUT2D eigenvalue weighted by Gasteiger charge is -2.12. The third-order valence-electron chi connectivity index (χ3n) is 5.71. The number of halogens is 2. The quantitative estimate of drug-likeness (QED) is 0.381. The van der Waals surface area contributed by atoms with Gasteiger partial charge < -0.3 is 15.0 Å². The Hall–Kier alpha value is -2.38. The first-order valence-corrected chi connectivity index (χ1v) is 14.0. The van der Waals surface area contributed by atoms with E-state index in [-0.39, 0.29) is 36.0 Å². The summed E-state index contributed by atoms with van der Waals surface area (Å²) in [5.74, 6) is -1.01. The second-order valence-electron chi connectivity index (χ2n) is 8.57. The van der Waals surface area contributed by atoms with E-state index in [2.05, 4.69) is 20.0 Å². The number of hydrogen-bond acceptors (Lipinski definition) is 7. The molecule has 1 aromatic carbocycles. The Balaban J connectivity index is 1.35. The molecule has 0 spiro atoms. The molecule has 3 N–H and O–H groups in total. The van der Waals surface area contributed by atoms with Crippen LogP contribution < -0.4 is 15.6 Å². The largest absolute Gasteiger partial charge is 0.376 e. The fraction of sp³-hybridized carbons (Fsp3) is 0.409. The number of sulfonamides is 1. The molecule has 3 aromatic rings. The minimum Gasteiger partial charge on any atom is -0.376 e. The number of aromatic amines is 1. The topological polar surface area (TPSA) is 130 Å². The van der Waals surface area contributed by atoms with Gasteiger partial charge in [0.2, 0.25) is 15.8 Å². The zero-order valence-corrected chi connectivity index (χ0v) is 21.2. The van der Waals surface area contributed by atoms with Crippen molar-refractivity contribution in [2.75, 3.05) is 12.9 Å². The fourth-order valence-electron chi connectivity index (χ4n) is 4.11. The van der Waals surface area contributed by atoms with Crippen LogP contribution in [0, 0.1) is 11.7 Å². The molecule has 1 fully saturated rings. The monoisotopic (exact) mass is 542 g/mol. The van der Waals surface area contributed by atoms with Crippen molar-refractivity contribution < 1.29 is 22.3 Å². The molecule has 1 aliphatic rings. The number of thiophene rings is 1. The van der Waals surface area contributed by atoms with E-state index in [1.165, 1.54) is 29.5 Å². The number of rotatable bonds is 9. The molecule has 1 amide bonds. The van der Waals surface area contributed by atoms with Gasteiger partial charge in [-0.25, -0.2) is 22.5 Å². The molecule has 9 nitrogen and oxygen atoms in total. The van der Waals surface area contributed by atoms with Crippen LogP contribution in [-0.2, 0) is 27.9 Å². The maximum Gasteiger partial charge on any atom is 0.287 e. The predicted molar refractivity (Wildman–Crippen MR) is 132 cm³/mol. The van der Waals surface area contributed by atoms with Crippen molar-refractivity contribution >= 4 is 49.1 Å². The Kier molecular flexibility index (Phi) is 7.86. The van der Waals surface area contributed by atoms with E-state index in [0.717, 1.165) is 19.1 Å². The standard InChI is InChI=1S/C22H24ClFN4O5S2/c1-35(31,32)28-15-4-2-13(6-15)9-33-10-14-11-34-22-18(14)20(29)26-19(27-22)21(30)25-8-12-3-5-17(24)16(23)7-12/h3,5,7,11,13,15,28H,2,4,6,8-10H2,1H3,(H,25,30)(H,26,27,29). The van der Waals surface area contributed by atoms with Crippen LogP contribution in [0.5, 0.6) is 0 Å². The van der Waals surface area contributed by atoms with Crippen LogP contribution in [0.4, 0.5) is 4.39 Å². The van der Waals surface area contributed by atoms with Gasteiger partial charge in [0.05, 0.1) is 23.3 Å². The molecule has 0 aliphatic heterocycles. The number of carbonyl (C=O) groups excluding carboxylic acids is 1. The van der Waals surface area contributed by atoms with Gasteiger partial charge in [-0.3, -0.25) is 9.59 Å². The van der Waals surface area contributed by atoms with Crippen LogP contribution in [0.2, 0.25) is 5.02 Å². The molecule has 2 heterocycles. The Bertz CT molecular complexity index is 1410. The van der Waals surface area contributed by atoms with Crippen LogP contribution in [0.15, 0.2) is 28.4 Å². The number of nitrogens with zero attached hydrogens (tertiary/aromatic N) is 1. The Morgan fingerprint density at radius 2 is 2.17 bits per heavy atom. The summed E-state index contributed by atoms with van der Waals surface area (Å²) in [6.45, 7) is 0.757. The summed E-state index contributed by atoms with van der Waals surface area (Å²) < 4.78 is 44.5. The second-order valence-corrected chi connectivity index (χ2v) is 11.6. The van der Waals surface area contributed by atoms with Crippen molar-refractivity contribution in [1.82, 2.24) is 20.0 Å². The van der Waals surface area contributed by atoms with E-state index in [0.29, 0.717) is 34.4 Å². The Morgan fingerprint density at radius 3 is 2.91 bits per heavy atom. The summed E-state index contributed by atoms with van der Waals surface area (Å²) in [4.78, 5) is 32.4. The first-order chi connectivity index (χ1) is 16.6. The van der Waals surface area contributed by atoms with Crippen molar-refractivity contribution in [3.63, 3.8) is 0 Å². The van der Waals surface area contributed by atoms with E-state index in [1.807, 2.05) is 0 Å². The lowest BCUT2D eigenvalue weighted by Crippen LogP contribution is -2.32. The highest BCUT2D eigenvalue weighted by atomic mass is 35.5. The van der Waals surface area contributed by atoms with Gasteiger partial charge in [0.25, 0.3) is 11.5 Å². The van der Waals surface area contributed by atoms with Crippen LogP contribution >= 0.6 is 22.9 Å². The van der Waals surface area contributed by atoms with E-state index in [9.17, 15) is 22.4 Å². The summed E-state index contributed by atoms with van der Waals surface area (Å²) in [5.41, 5.74) is 0.836. The van der Waals surface area contributed by atoms with Gasteiger partial charge in [-0.1, -0.05) is 17.7 Å². The lowest BCUT2D eigenvalue weighted by atomic mass is 10.1. The molecule has 2 atom stereocenters. The predicted octanol–water partition coefficient (Wildman–Crippen LogP) is 2.94. The molecule has 0 radical (unpaired) electrons. The number of fused-ring (bicyclic) bond motifs is 1. The molecular formula is C22H24ClFN4O5S2. The number of aromatic nitrogens is 2. The number of ether oxygens (including phenoxy) is 1. The van der Waals surface area contributed by atoms with E-state index in [4.69, 9.17) is 16.3 Å². The van der Waals surface area contributed by atoms with Gasteiger partial charge in [0, 0.05) is 24.8 Å². The van der Waals surface area contributed by atoms with Crippen LogP contribution in [0.3, 0.4) is 0 Å². The molecule has 2 aromatic heterocycles. The molecule has 188 valence electrons. The summed E-state index contributed by atoms with van der Waals surface area (Å²) in [6.07, 6.45) is 3.50. The summed E-state index contributed by atoms with van der Waals surface area (Å²) in [5, 5.41) is 4.73. The fourth-order valence-corrected chi connectivity index (χ4v) is 6.06. The van der Waals surface area contributed by atoms with Gasteiger partial charge in [-0.05, 0) is 48.3 Å². The van der Waals surface area contributed by atoms with Gasteiger partial charge in [-0.15, -0.1) is 11.3 Å². The number of carbonyl (C=O) groups is 1. The van der Waals surface area contributed by atoms with E-state index in [1.54, 1.807) is 5.38 Å². The number of nitrogens with one attached hydrogen (secondary N) is 3. The van der Waals surface area contributed by atoms with Gasteiger partial charge in [0.15, 0.2) is 0 Å². The van der Waals surface area contributed by atoms with Crippen molar-refractivity contribution in [3.05, 3.63) is 61.7 Å². The molecule has 1 saturated carbocycles. The molecular weight excluding hydrogens is 519 g/mol. The Labute approximate surface area is 210 Å². The van der Waals surface area contributed by atoms with E-state index < -0.39 is 27.3 Å². The zero-order valence-electron chi connectivity index (χ0n) is 18.8. The summed E-state index contributed by atoms with van der Waals surface area (Å²) in [6, 6.07) is 4.05. The average molecular weight is 543 g/mol. The van der Waals surface area contributed by atoms with Crippen LogP contribution in [0.1, 0.15) is 41.0 Å². The maximum absolute atomic E-state index is 13.3. The minimum absolute atomic E-state index is 0.0450. The van der Waals surface area contributed by atoms with E-state index >= 15 is 0 Å². The average Bonchev–Trinajstić information content (AvgIpc) is 3.40. The van der Waals surface area contributed by atoms with Crippen molar-refractivity contribution in [2.24, 2.45) is 5.92 Å². The molecule has 2 unspecified atom stereocenters. The third kappa shape index (κ3) is 6.64. The number of hydrogen-bond donors (Lipinski definition) is 3. The first kappa shape index (κ1) is 25.7. The van der Waals surface area contributed by atoms with Crippen molar-refractivity contribution in [3.8, 4) is 0 Å². The summed E-state index contributed by atoms with van der Waals surface area (Å²) in [7, 11) is -3.23. The molecule has 1 aliphatic carbocycles. The normalized spacial score (nSPS) is 18.3. The highest BCUT2D eigenvalue weighted by Crippen LogP contribution is 2.27. The van der Waals surface area contributed by atoms with Crippen LogP contribution in [0.25, 0.3) is 10.2 Å². The second kappa shape index (κ2) is 10.7. The minimum atomic E-state index is -3.23. The smallest absolute Gasteiger partial charge is 0.287 e. The summed E-state index contributed by atoms with van der Waals surface area (Å²) >= 11 is 7.00. The Morgan fingerprint density at radius 1 is 1.37 bits per heavy atom. The molecule has 0 saturated heterocycles. The van der Waals surface area contributed by atoms with Crippen molar-refractivity contribution in [2.45, 2.75) is 38.5 Å². The molecule has 4 rings (SSSR count). The molecule has 13 heteroatoms. The van der Waals surface area contributed by atoms with Crippen LogP contribution in [-0.4, -0.2) is 43.2 Å². The van der Waals surface area contributed by atoms with Gasteiger partial charge >= 0.3 is 0 Å². The number of H-pyrrole nitrogens is 1. The van der Waals surface area contributed by atoms with Crippen molar-refractivity contribution in [1.29, 1.82) is 0 Å². The molecule has 0 bridgehead atoms. The lowest BCUT2D eigenvalue weighted by molar-refractivity contribution is 0.0892. The SMILES string of the molecule is CS(=O)(=O)NC1CCC(COCc2csc3nc(C(=O)NCc4ccc(F)c(Cl)c4)[nH]c(=O)c23)C1. The number of amides is 1. The highest BCUT2D eigenvalue weighted by molar-refractivity contribution is 7.88. The maximum atomic E-state index is 13.3. The molecule has 35 heavy (non-hydrogen) atoms. The third-order valence-corrected chi connectivity index (χ3v) is 7.68. The zero-order chi connectivity index (χ0) is 25.2. The number of benzene rings is 1. The van der Waals surface area contributed by atoms with Gasteiger partial charge in [0.1, 0.15) is 10.6 Å².